The van der Waals surface area contributed by atoms with Crippen LogP contribution in [0.1, 0.15) is 50.8 Å². The minimum absolute atomic E-state index is 0.179. The summed E-state index contributed by atoms with van der Waals surface area (Å²) < 4.78 is 5.67. The summed E-state index contributed by atoms with van der Waals surface area (Å²) in [5.41, 5.74) is 1.80. The second-order valence-electron chi connectivity index (χ2n) is 6.38. The zero-order chi connectivity index (χ0) is 15.5. The van der Waals surface area contributed by atoms with Crippen molar-refractivity contribution in [2.24, 2.45) is 5.41 Å². The number of aryl methyl sites for hydroxylation is 1. The maximum atomic E-state index is 11.1. The Morgan fingerprint density at radius 2 is 2.24 bits per heavy atom. The molecule has 0 fully saturated rings. The van der Waals surface area contributed by atoms with Crippen LogP contribution in [0.3, 0.4) is 0 Å². The Morgan fingerprint density at radius 1 is 1.48 bits per heavy atom. The number of rotatable bonds is 7. The molecule has 1 aromatic carbocycles. The molecule has 1 unspecified atom stereocenters. The van der Waals surface area contributed by atoms with Crippen LogP contribution in [0, 0.1) is 5.41 Å². The molecule has 0 heterocycles. The van der Waals surface area contributed by atoms with Gasteiger partial charge >= 0.3 is 5.97 Å². The van der Waals surface area contributed by atoms with Crippen LogP contribution in [0.25, 0.3) is 0 Å². The van der Waals surface area contributed by atoms with Gasteiger partial charge in [0.25, 0.3) is 0 Å². The molecule has 0 aromatic heterocycles. The van der Waals surface area contributed by atoms with Crippen molar-refractivity contribution >= 4 is 5.97 Å². The first-order valence-corrected chi connectivity index (χ1v) is 7.66. The lowest BCUT2D eigenvalue weighted by Gasteiger charge is -2.20. The lowest BCUT2D eigenvalue weighted by Crippen LogP contribution is -2.30. The zero-order valence-corrected chi connectivity index (χ0v) is 13.1. The topological polar surface area (TPSA) is 58.6 Å². The van der Waals surface area contributed by atoms with E-state index in [0.29, 0.717) is 6.04 Å². The molecule has 0 bridgehead atoms. The second kappa shape index (κ2) is 6.48. The van der Waals surface area contributed by atoms with E-state index in [0.717, 1.165) is 31.6 Å². The van der Waals surface area contributed by atoms with Crippen molar-refractivity contribution in [3.8, 4) is 5.75 Å². The largest absolute Gasteiger partial charge is 0.492 e. The SMILES string of the molecule is CCCNC1CCc2cc(OCC(C)(C)C(=O)O)ccc21. The van der Waals surface area contributed by atoms with E-state index in [1.807, 2.05) is 6.07 Å². The molecule has 4 heteroatoms. The quantitative estimate of drug-likeness (QED) is 0.810. The normalized spacial score (nSPS) is 17.6. The molecule has 2 N–H and O–H groups in total. The van der Waals surface area contributed by atoms with Crippen molar-refractivity contribution in [3.63, 3.8) is 0 Å². The van der Waals surface area contributed by atoms with Crippen LogP contribution in [0.2, 0.25) is 0 Å². The summed E-state index contributed by atoms with van der Waals surface area (Å²) in [6.45, 7) is 6.73. The predicted molar refractivity (Wildman–Crippen MR) is 82.7 cm³/mol. The predicted octanol–water partition coefficient (Wildman–Crippen LogP) is 3.16. The molecule has 1 atom stereocenters. The van der Waals surface area contributed by atoms with Gasteiger partial charge in [0.2, 0.25) is 0 Å². The highest BCUT2D eigenvalue weighted by Gasteiger charge is 2.28. The first-order valence-electron chi connectivity index (χ1n) is 7.66. The standard InChI is InChI=1S/C17H25NO3/c1-4-9-18-15-8-5-12-10-13(6-7-14(12)15)21-11-17(2,3)16(19)20/h6-7,10,15,18H,4-5,8-9,11H2,1-3H3,(H,19,20). The molecule has 116 valence electrons. The third-order valence-corrected chi connectivity index (χ3v) is 4.01. The summed E-state index contributed by atoms with van der Waals surface area (Å²) in [6.07, 6.45) is 3.31. The molecule has 21 heavy (non-hydrogen) atoms. The van der Waals surface area contributed by atoms with Crippen LogP contribution in [-0.4, -0.2) is 24.2 Å². The van der Waals surface area contributed by atoms with Crippen LogP contribution in [0.5, 0.6) is 5.75 Å². The molecule has 1 aromatic rings. The average molecular weight is 291 g/mol. The number of carboxylic acid groups (broad SMARTS) is 1. The van der Waals surface area contributed by atoms with Crippen LogP contribution < -0.4 is 10.1 Å². The van der Waals surface area contributed by atoms with E-state index in [9.17, 15) is 4.79 Å². The molecule has 2 rings (SSSR count). The van der Waals surface area contributed by atoms with Crippen molar-refractivity contribution in [2.45, 2.75) is 46.1 Å². The van der Waals surface area contributed by atoms with Gasteiger partial charge < -0.3 is 15.2 Å². The smallest absolute Gasteiger partial charge is 0.312 e. The Hall–Kier alpha value is -1.55. The maximum Gasteiger partial charge on any atom is 0.312 e. The minimum Gasteiger partial charge on any atom is -0.492 e. The van der Waals surface area contributed by atoms with Gasteiger partial charge in [-0.2, -0.15) is 0 Å². The van der Waals surface area contributed by atoms with Gasteiger partial charge in [0.15, 0.2) is 0 Å². The number of carboxylic acids is 1. The Labute approximate surface area is 126 Å². The van der Waals surface area contributed by atoms with Crippen molar-refractivity contribution in [1.29, 1.82) is 0 Å². The van der Waals surface area contributed by atoms with Gasteiger partial charge in [-0.25, -0.2) is 0 Å². The third-order valence-electron chi connectivity index (χ3n) is 4.01. The molecule has 4 nitrogen and oxygen atoms in total. The number of fused-ring (bicyclic) bond motifs is 1. The number of hydrogen-bond acceptors (Lipinski definition) is 3. The fourth-order valence-electron chi connectivity index (χ4n) is 2.54. The van der Waals surface area contributed by atoms with E-state index in [1.165, 1.54) is 11.1 Å². The summed E-state index contributed by atoms with van der Waals surface area (Å²) >= 11 is 0. The van der Waals surface area contributed by atoms with Gasteiger partial charge in [-0.05, 0) is 62.9 Å². The van der Waals surface area contributed by atoms with E-state index in [2.05, 4.69) is 24.4 Å². The van der Waals surface area contributed by atoms with Crippen LogP contribution >= 0.6 is 0 Å². The number of ether oxygens (including phenoxy) is 1. The molecular formula is C17H25NO3. The monoisotopic (exact) mass is 291 g/mol. The van der Waals surface area contributed by atoms with Crippen molar-refractivity contribution in [2.75, 3.05) is 13.2 Å². The Bertz CT molecular complexity index is 511. The van der Waals surface area contributed by atoms with Crippen LogP contribution in [-0.2, 0) is 11.2 Å². The lowest BCUT2D eigenvalue weighted by atomic mass is 9.95. The lowest BCUT2D eigenvalue weighted by molar-refractivity contribution is -0.148. The van der Waals surface area contributed by atoms with E-state index in [1.54, 1.807) is 13.8 Å². The highest BCUT2D eigenvalue weighted by Crippen LogP contribution is 2.33. The van der Waals surface area contributed by atoms with Crippen molar-refractivity contribution in [3.05, 3.63) is 29.3 Å². The fourth-order valence-corrected chi connectivity index (χ4v) is 2.54. The van der Waals surface area contributed by atoms with Crippen LogP contribution in [0.15, 0.2) is 18.2 Å². The Morgan fingerprint density at radius 3 is 2.90 bits per heavy atom. The second-order valence-corrected chi connectivity index (χ2v) is 6.38. The molecule has 0 spiro atoms. The Balaban J connectivity index is 2.01. The summed E-state index contributed by atoms with van der Waals surface area (Å²) in [7, 11) is 0. The average Bonchev–Trinajstić information content (AvgIpc) is 2.85. The molecule has 0 amide bonds. The van der Waals surface area contributed by atoms with E-state index in [-0.39, 0.29) is 6.61 Å². The van der Waals surface area contributed by atoms with E-state index < -0.39 is 11.4 Å². The maximum absolute atomic E-state index is 11.1. The third kappa shape index (κ3) is 3.76. The molecule has 1 aliphatic rings. The van der Waals surface area contributed by atoms with Gasteiger partial charge in [0.1, 0.15) is 12.4 Å². The summed E-state index contributed by atoms with van der Waals surface area (Å²) in [4.78, 5) is 11.1. The molecular weight excluding hydrogens is 266 g/mol. The van der Waals surface area contributed by atoms with Crippen molar-refractivity contribution < 1.29 is 14.6 Å². The molecule has 0 radical (unpaired) electrons. The highest BCUT2D eigenvalue weighted by atomic mass is 16.5. The van der Waals surface area contributed by atoms with Gasteiger partial charge in [0, 0.05) is 6.04 Å². The first kappa shape index (κ1) is 15.8. The molecule has 1 aliphatic carbocycles. The van der Waals surface area contributed by atoms with Crippen LogP contribution in [0.4, 0.5) is 0 Å². The summed E-state index contributed by atoms with van der Waals surface area (Å²) in [5, 5.41) is 12.7. The molecule has 0 saturated heterocycles. The minimum atomic E-state index is -0.871. The van der Waals surface area contributed by atoms with Gasteiger partial charge in [0.05, 0.1) is 5.41 Å². The molecule has 0 saturated carbocycles. The van der Waals surface area contributed by atoms with Crippen molar-refractivity contribution in [1.82, 2.24) is 5.32 Å². The van der Waals surface area contributed by atoms with E-state index >= 15 is 0 Å². The zero-order valence-electron chi connectivity index (χ0n) is 13.1. The van der Waals surface area contributed by atoms with E-state index in [4.69, 9.17) is 9.84 Å². The number of aliphatic carboxylic acids is 1. The number of benzene rings is 1. The Kier molecular flexibility index (Phi) is 4.88. The highest BCUT2D eigenvalue weighted by molar-refractivity contribution is 5.73. The number of carbonyl (C=O) groups is 1. The number of hydrogen-bond donors (Lipinski definition) is 2. The first-order chi connectivity index (χ1) is 9.94. The van der Waals surface area contributed by atoms with Gasteiger partial charge in [-0.3, -0.25) is 4.79 Å². The molecule has 0 aliphatic heterocycles. The fraction of sp³-hybridized carbons (Fsp3) is 0.588. The van der Waals surface area contributed by atoms with Gasteiger partial charge in [-0.15, -0.1) is 0 Å². The summed E-state index contributed by atoms with van der Waals surface area (Å²) in [5.74, 6) is -0.0771. The number of nitrogens with one attached hydrogen (secondary N) is 1. The van der Waals surface area contributed by atoms with Gasteiger partial charge in [-0.1, -0.05) is 13.0 Å². The summed E-state index contributed by atoms with van der Waals surface area (Å²) in [6, 6.07) is 6.56.